The Kier molecular flexibility index (Phi) is 5.61. The second-order valence-electron chi connectivity index (χ2n) is 7.06. The lowest BCUT2D eigenvalue weighted by Gasteiger charge is -2.22. The summed E-state index contributed by atoms with van der Waals surface area (Å²) in [5, 5.41) is 10.1. The first-order valence-electron chi connectivity index (χ1n) is 9.79. The zero-order valence-corrected chi connectivity index (χ0v) is 16.1. The number of carbonyl (C=O) groups excluding carboxylic acids is 1. The van der Waals surface area contributed by atoms with E-state index in [-0.39, 0.29) is 6.61 Å². The van der Waals surface area contributed by atoms with Gasteiger partial charge in [0.25, 0.3) is 0 Å². The lowest BCUT2D eigenvalue weighted by atomic mass is 10.0. The van der Waals surface area contributed by atoms with Gasteiger partial charge in [-0.3, -0.25) is 0 Å². The third-order valence-electron chi connectivity index (χ3n) is 5.06. The highest BCUT2D eigenvalue weighted by Crippen LogP contribution is 2.30. The first kappa shape index (κ1) is 18.8. The van der Waals surface area contributed by atoms with Crippen molar-refractivity contribution in [2.24, 2.45) is 0 Å². The minimum absolute atomic E-state index is 0.226. The molecule has 146 valence electrons. The Labute approximate surface area is 170 Å². The third kappa shape index (κ3) is 4.32. The van der Waals surface area contributed by atoms with Gasteiger partial charge < -0.3 is 9.84 Å². The van der Waals surface area contributed by atoms with Crippen LogP contribution in [0.25, 0.3) is 6.08 Å². The van der Waals surface area contributed by atoms with E-state index in [4.69, 9.17) is 4.74 Å². The number of ether oxygens (including phenoxy) is 1. The van der Waals surface area contributed by atoms with Gasteiger partial charge in [-0.1, -0.05) is 54.6 Å². The molecule has 0 saturated heterocycles. The number of hydrogen-bond donors (Lipinski definition) is 1. The molecule has 0 radical (unpaired) electrons. The van der Waals surface area contributed by atoms with Crippen LogP contribution in [-0.2, 0) is 11.2 Å². The number of aromatic hydroxyl groups is 1. The van der Waals surface area contributed by atoms with Crippen LogP contribution in [0, 0.1) is 0 Å². The highest BCUT2D eigenvalue weighted by Gasteiger charge is 2.20. The number of phenols is 1. The van der Waals surface area contributed by atoms with E-state index < -0.39 is 6.09 Å². The maximum absolute atomic E-state index is 13.0. The zero-order chi connectivity index (χ0) is 20.1. The van der Waals surface area contributed by atoms with Crippen molar-refractivity contribution in [3.63, 3.8) is 0 Å². The quantitative estimate of drug-likeness (QED) is 0.591. The molecule has 29 heavy (non-hydrogen) atoms. The number of nitrogens with zero attached hydrogens (tertiary/aromatic N) is 1. The fourth-order valence-electron chi connectivity index (χ4n) is 3.63. The van der Waals surface area contributed by atoms with Gasteiger partial charge in [0.15, 0.2) is 0 Å². The van der Waals surface area contributed by atoms with Crippen LogP contribution >= 0.6 is 0 Å². The number of fused-ring (bicyclic) bond motifs is 1. The molecular formula is C25H23NO3. The van der Waals surface area contributed by atoms with E-state index >= 15 is 0 Å². The highest BCUT2D eigenvalue weighted by molar-refractivity contribution is 5.96. The molecule has 1 aliphatic carbocycles. The van der Waals surface area contributed by atoms with Crippen molar-refractivity contribution in [3.8, 4) is 5.75 Å². The predicted molar refractivity (Wildman–Crippen MR) is 115 cm³/mol. The average molecular weight is 385 g/mol. The SMILES string of the molecule is O=C(OCC1=Cc2cccc(O)c2CCC1)N(c1ccccc1)c1ccccc1. The maximum atomic E-state index is 13.0. The Morgan fingerprint density at radius 2 is 1.52 bits per heavy atom. The van der Waals surface area contributed by atoms with Gasteiger partial charge in [0.1, 0.15) is 12.4 Å². The van der Waals surface area contributed by atoms with Crippen LogP contribution in [0.5, 0.6) is 5.75 Å². The van der Waals surface area contributed by atoms with Gasteiger partial charge in [-0.15, -0.1) is 0 Å². The normalized spacial score (nSPS) is 13.0. The van der Waals surface area contributed by atoms with Crippen LogP contribution in [0.3, 0.4) is 0 Å². The first-order chi connectivity index (χ1) is 14.2. The van der Waals surface area contributed by atoms with E-state index in [1.807, 2.05) is 78.9 Å². The first-order valence-corrected chi connectivity index (χ1v) is 9.79. The maximum Gasteiger partial charge on any atom is 0.419 e. The van der Waals surface area contributed by atoms with Crippen LogP contribution < -0.4 is 4.90 Å². The number of anilines is 2. The monoisotopic (exact) mass is 385 g/mol. The summed E-state index contributed by atoms with van der Waals surface area (Å²) in [6.07, 6.45) is 4.18. The molecule has 0 fully saturated rings. The van der Waals surface area contributed by atoms with Gasteiger partial charge in [-0.05, 0) is 60.7 Å². The Morgan fingerprint density at radius 3 is 2.17 bits per heavy atom. The summed E-state index contributed by atoms with van der Waals surface area (Å²) in [7, 11) is 0. The van der Waals surface area contributed by atoms with E-state index in [0.29, 0.717) is 5.75 Å². The number of rotatable bonds is 4. The molecule has 1 amide bonds. The van der Waals surface area contributed by atoms with E-state index in [0.717, 1.165) is 47.3 Å². The van der Waals surface area contributed by atoms with Gasteiger partial charge in [0, 0.05) is 5.56 Å². The summed E-state index contributed by atoms with van der Waals surface area (Å²) in [5.41, 5.74) is 4.52. The smallest absolute Gasteiger partial charge is 0.419 e. The number of para-hydroxylation sites is 2. The van der Waals surface area contributed by atoms with Crippen molar-refractivity contribution in [2.45, 2.75) is 19.3 Å². The van der Waals surface area contributed by atoms with E-state index in [9.17, 15) is 9.90 Å². The summed E-state index contributed by atoms with van der Waals surface area (Å²) in [4.78, 5) is 14.6. The van der Waals surface area contributed by atoms with Crippen molar-refractivity contribution < 1.29 is 14.6 Å². The molecule has 4 heteroatoms. The molecule has 0 atom stereocenters. The number of carbonyl (C=O) groups is 1. The Morgan fingerprint density at radius 1 is 0.862 bits per heavy atom. The van der Waals surface area contributed by atoms with E-state index in [1.165, 1.54) is 0 Å². The van der Waals surface area contributed by atoms with Crippen LogP contribution in [0.4, 0.5) is 16.2 Å². The predicted octanol–water partition coefficient (Wildman–Crippen LogP) is 6.09. The van der Waals surface area contributed by atoms with Crippen molar-refractivity contribution >= 4 is 23.5 Å². The van der Waals surface area contributed by atoms with Crippen molar-refractivity contribution in [1.29, 1.82) is 0 Å². The topological polar surface area (TPSA) is 49.8 Å². The molecule has 4 rings (SSSR count). The summed E-state index contributed by atoms with van der Waals surface area (Å²) < 4.78 is 5.71. The van der Waals surface area contributed by atoms with E-state index in [1.54, 1.807) is 11.0 Å². The molecule has 0 aliphatic heterocycles. The molecule has 0 heterocycles. The van der Waals surface area contributed by atoms with Gasteiger partial charge >= 0.3 is 6.09 Å². The Hall–Kier alpha value is -3.53. The Bertz CT molecular complexity index is 973. The second-order valence-corrected chi connectivity index (χ2v) is 7.06. The lowest BCUT2D eigenvalue weighted by molar-refractivity contribution is 0.165. The molecule has 0 saturated carbocycles. The summed E-state index contributed by atoms with van der Waals surface area (Å²) in [6.45, 7) is 0.226. The molecule has 0 bridgehead atoms. The van der Waals surface area contributed by atoms with Crippen LogP contribution in [0.1, 0.15) is 24.0 Å². The molecule has 1 N–H and O–H groups in total. The number of hydrogen-bond acceptors (Lipinski definition) is 3. The lowest BCUT2D eigenvalue weighted by Crippen LogP contribution is -2.27. The van der Waals surface area contributed by atoms with Crippen LogP contribution in [-0.4, -0.2) is 17.8 Å². The molecule has 0 spiro atoms. The zero-order valence-electron chi connectivity index (χ0n) is 16.1. The second kappa shape index (κ2) is 8.65. The van der Waals surface area contributed by atoms with Crippen LogP contribution in [0.15, 0.2) is 84.4 Å². The molecule has 3 aromatic carbocycles. The number of amides is 1. The standard InChI is InChI=1S/C25H23NO3/c27-24-16-8-10-20-17-19(9-7-15-23(20)24)18-29-25(28)26(21-11-3-1-4-12-21)22-13-5-2-6-14-22/h1-6,8,10-14,16-17,27H,7,9,15,18H2. The highest BCUT2D eigenvalue weighted by atomic mass is 16.6. The number of benzene rings is 3. The van der Waals surface area contributed by atoms with Gasteiger partial charge in [0.05, 0.1) is 11.4 Å². The minimum atomic E-state index is -0.413. The summed E-state index contributed by atoms with van der Waals surface area (Å²) in [6, 6.07) is 24.5. The average Bonchev–Trinajstić information content (AvgIpc) is 2.97. The largest absolute Gasteiger partial charge is 0.508 e. The van der Waals surface area contributed by atoms with Crippen molar-refractivity contribution in [3.05, 3.63) is 95.6 Å². The molecule has 1 aliphatic rings. The van der Waals surface area contributed by atoms with Gasteiger partial charge in [-0.2, -0.15) is 0 Å². The van der Waals surface area contributed by atoms with Gasteiger partial charge in [0.2, 0.25) is 0 Å². The molecular weight excluding hydrogens is 362 g/mol. The Balaban J connectivity index is 1.54. The summed E-state index contributed by atoms with van der Waals surface area (Å²) >= 11 is 0. The third-order valence-corrected chi connectivity index (χ3v) is 5.06. The molecule has 3 aromatic rings. The molecule has 4 nitrogen and oxygen atoms in total. The number of phenolic OH excluding ortho intramolecular Hbond substituents is 1. The van der Waals surface area contributed by atoms with Gasteiger partial charge in [-0.25, -0.2) is 9.69 Å². The summed E-state index contributed by atoms with van der Waals surface area (Å²) in [5.74, 6) is 0.330. The molecule has 0 aromatic heterocycles. The molecule has 0 unspecified atom stereocenters. The van der Waals surface area contributed by atoms with Crippen LogP contribution in [0.2, 0.25) is 0 Å². The van der Waals surface area contributed by atoms with Crippen molar-refractivity contribution in [2.75, 3.05) is 11.5 Å². The minimum Gasteiger partial charge on any atom is -0.508 e. The fourth-order valence-corrected chi connectivity index (χ4v) is 3.63. The fraction of sp³-hybridized carbons (Fsp3) is 0.160. The van der Waals surface area contributed by atoms with Crippen molar-refractivity contribution in [1.82, 2.24) is 0 Å². The van der Waals surface area contributed by atoms with E-state index in [2.05, 4.69) is 0 Å².